The number of hydrogen-bond acceptors (Lipinski definition) is 3. The lowest BCUT2D eigenvalue weighted by Crippen LogP contribution is -2.28. The molecule has 0 heterocycles. The monoisotopic (exact) mass is 250 g/mol. The molecule has 0 aliphatic rings. The van der Waals surface area contributed by atoms with E-state index in [0.29, 0.717) is 11.3 Å². The van der Waals surface area contributed by atoms with Crippen molar-refractivity contribution in [2.45, 2.75) is 19.8 Å². The van der Waals surface area contributed by atoms with Gasteiger partial charge < -0.3 is 15.7 Å². The van der Waals surface area contributed by atoms with Gasteiger partial charge in [0.05, 0.1) is 13.0 Å². The van der Waals surface area contributed by atoms with Gasteiger partial charge in [0.1, 0.15) is 0 Å². The van der Waals surface area contributed by atoms with Gasteiger partial charge in [-0.25, -0.2) is 0 Å². The number of amides is 1. The van der Waals surface area contributed by atoms with Crippen molar-refractivity contribution >= 4 is 17.6 Å². The molecule has 0 radical (unpaired) electrons. The summed E-state index contributed by atoms with van der Waals surface area (Å²) in [6.45, 7) is 3.03. The fourth-order valence-corrected chi connectivity index (χ4v) is 1.53. The first-order valence-corrected chi connectivity index (χ1v) is 5.93. The van der Waals surface area contributed by atoms with E-state index in [1.807, 2.05) is 6.92 Å². The van der Waals surface area contributed by atoms with Gasteiger partial charge in [0.2, 0.25) is 5.91 Å². The second kappa shape index (κ2) is 7.45. The minimum Gasteiger partial charge on any atom is -0.481 e. The van der Waals surface area contributed by atoms with Crippen LogP contribution >= 0.6 is 0 Å². The molecule has 0 aliphatic carbocycles. The lowest BCUT2D eigenvalue weighted by Gasteiger charge is -2.10. The van der Waals surface area contributed by atoms with E-state index in [-0.39, 0.29) is 18.9 Å². The largest absolute Gasteiger partial charge is 0.481 e. The Hall–Kier alpha value is -1.88. The fraction of sp³-hybridized carbons (Fsp3) is 0.385. The number of hydrogen-bond donors (Lipinski definition) is 3. The predicted molar refractivity (Wildman–Crippen MR) is 69.6 cm³/mol. The number of carbonyl (C=O) groups is 2. The Balaban J connectivity index is 2.60. The van der Waals surface area contributed by atoms with Crippen LogP contribution in [0.1, 0.15) is 18.9 Å². The Morgan fingerprint density at radius 3 is 2.67 bits per heavy atom. The summed E-state index contributed by atoms with van der Waals surface area (Å²) in [6, 6.07) is 6.92. The highest BCUT2D eigenvalue weighted by atomic mass is 16.4. The molecule has 18 heavy (non-hydrogen) atoms. The van der Waals surface area contributed by atoms with Crippen molar-refractivity contribution < 1.29 is 14.7 Å². The average molecular weight is 250 g/mol. The minimum atomic E-state index is -0.916. The first-order valence-electron chi connectivity index (χ1n) is 5.93. The summed E-state index contributed by atoms with van der Waals surface area (Å²) < 4.78 is 0. The zero-order valence-corrected chi connectivity index (χ0v) is 10.4. The van der Waals surface area contributed by atoms with E-state index in [0.717, 1.165) is 13.0 Å². The van der Waals surface area contributed by atoms with E-state index >= 15 is 0 Å². The molecule has 1 amide bonds. The van der Waals surface area contributed by atoms with Gasteiger partial charge in [0.15, 0.2) is 0 Å². The number of anilines is 1. The third-order valence-corrected chi connectivity index (χ3v) is 2.35. The van der Waals surface area contributed by atoms with Gasteiger partial charge in [0.25, 0.3) is 0 Å². The fourth-order valence-electron chi connectivity index (χ4n) is 1.53. The second-order valence-corrected chi connectivity index (χ2v) is 3.95. The molecule has 1 aromatic carbocycles. The smallest absolute Gasteiger partial charge is 0.307 e. The Morgan fingerprint density at radius 1 is 1.28 bits per heavy atom. The molecule has 0 atom stereocenters. The van der Waals surface area contributed by atoms with Crippen molar-refractivity contribution in [3.8, 4) is 0 Å². The molecular weight excluding hydrogens is 232 g/mol. The van der Waals surface area contributed by atoms with Crippen LogP contribution in [0, 0.1) is 0 Å². The summed E-state index contributed by atoms with van der Waals surface area (Å²) in [7, 11) is 0. The molecule has 0 bridgehead atoms. The maximum Gasteiger partial charge on any atom is 0.307 e. The molecule has 0 saturated heterocycles. The van der Waals surface area contributed by atoms with Crippen LogP contribution in [0.25, 0.3) is 0 Å². The van der Waals surface area contributed by atoms with Gasteiger partial charge in [-0.3, -0.25) is 9.59 Å². The Bertz CT molecular complexity index is 418. The number of rotatable bonds is 7. The van der Waals surface area contributed by atoms with Crippen LogP contribution in [-0.4, -0.2) is 30.1 Å². The van der Waals surface area contributed by atoms with Crippen molar-refractivity contribution in [2.24, 2.45) is 0 Å². The molecule has 0 spiro atoms. The van der Waals surface area contributed by atoms with E-state index in [1.165, 1.54) is 0 Å². The van der Waals surface area contributed by atoms with Crippen LogP contribution in [0.4, 0.5) is 5.69 Å². The summed E-state index contributed by atoms with van der Waals surface area (Å²) in [6.07, 6.45) is 0.863. The minimum absolute atomic E-state index is 0.0984. The van der Waals surface area contributed by atoms with Gasteiger partial charge in [-0.2, -0.15) is 0 Å². The molecule has 0 aliphatic heterocycles. The lowest BCUT2D eigenvalue weighted by molar-refractivity contribution is -0.136. The van der Waals surface area contributed by atoms with E-state index < -0.39 is 5.97 Å². The van der Waals surface area contributed by atoms with Crippen molar-refractivity contribution in [3.05, 3.63) is 29.8 Å². The zero-order valence-electron chi connectivity index (χ0n) is 10.4. The molecule has 1 aromatic rings. The zero-order chi connectivity index (χ0) is 13.4. The Labute approximate surface area is 106 Å². The molecule has 98 valence electrons. The van der Waals surface area contributed by atoms with Crippen LogP contribution in [0.3, 0.4) is 0 Å². The van der Waals surface area contributed by atoms with Gasteiger partial charge >= 0.3 is 5.97 Å². The average Bonchev–Trinajstić information content (AvgIpc) is 2.31. The summed E-state index contributed by atoms with van der Waals surface area (Å²) in [5.41, 5.74) is 1.16. The first kappa shape index (κ1) is 14.2. The molecule has 5 heteroatoms. The van der Waals surface area contributed by atoms with Gasteiger partial charge in [-0.1, -0.05) is 25.1 Å². The molecule has 0 unspecified atom stereocenters. The lowest BCUT2D eigenvalue weighted by atomic mass is 10.1. The Kier molecular flexibility index (Phi) is 5.87. The molecule has 0 aromatic heterocycles. The highest BCUT2D eigenvalue weighted by molar-refractivity contribution is 5.93. The number of para-hydroxylation sites is 1. The Morgan fingerprint density at radius 2 is 2.00 bits per heavy atom. The molecule has 0 fully saturated rings. The van der Waals surface area contributed by atoms with Crippen molar-refractivity contribution in [3.63, 3.8) is 0 Å². The SMILES string of the molecule is CCCNCC(=O)Nc1ccccc1CC(=O)O. The highest BCUT2D eigenvalue weighted by Crippen LogP contribution is 2.15. The van der Waals surface area contributed by atoms with Crippen LogP contribution in [0.15, 0.2) is 24.3 Å². The van der Waals surface area contributed by atoms with Crippen molar-refractivity contribution in [1.82, 2.24) is 5.32 Å². The van der Waals surface area contributed by atoms with Gasteiger partial charge in [-0.15, -0.1) is 0 Å². The van der Waals surface area contributed by atoms with E-state index in [9.17, 15) is 9.59 Å². The third-order valence-electron chi connectivity index (χ3n) is 2.35. The normalized spacial score (nSPS) is 10.1. The van der Waals surface area contributed by atoms with Gasteiger partial charge in [0, 0.05) is 5.69 Å². The molecule has 0 saturated carbocycles. The van der Waals surface area contributed by atoms with Gasteiger partial charge in [-0.05, 0) is 24.6 Å². The van der Waals surface area contributed by atoms with E-state index in [2.05, 4.69) is 10.6 Å². The molecule has 5 nitrogen and oxygen atoms in total. The second-order valence-electron chi connectivity index (χ2n) is 3.95. The van der Waals surface area contributed by atoms with Crippen molar-refractivity contribution in [1.29, 1.82) is 0 Å². The maximum atomic E-state index is 11.6. The summed E-state index contributed by atoms with van der Waals surface area (Å²) in [5.74, 6) is -1.08. The quantitative estimate of drug-likeness (QED) is 0.636. The van der Waals surface area contributed by atoms with E-state index in [4.69, 9.17) is 5.11 Å². The maximum absolute atomic E-state index is 11.6. The van der Waals surface area contributed by atoms with Crippen LogP contribution < -0.4 is 10.6 Å². The topological polar surface area (TPSA) is 78.4 Å². The number of carboxylic acid groups (broad SMARTS) is 1. The summed E-state index contributed by atoms with van der Waals surface area (Å²) in [4.78, 5) is 22.3. The van der Waals surface area contributed by atoms with Crippen LogP contribution in [-0.2, 0) is 16.0 Å². The van der Waals surface area contributed by atoms with Crippen LogP contribution in [0.5, 0.6) is 0 Å². The van der Waals surface area contributed by atoms with E-state index in [1.54, 1.807) is 24.3 Å². The van der Waals surface area contributed by atoms with Crippen LogP contribution in [0.2, 0.25) is 0 Å². The third kappa shape index (κ3) is 4.97. The number of carboxylic acids is 1. The molecular formula is C13H18N2O3. The number of nitrogens with one attached hydrogen (secondary N) is 2. The standard InChI is InChI=1S/C13H18N2O3/c1-2-7-14-9-12(16)15-11-6-4-3-5-10(11)8-13(17)18/h3-6,14H,2,7-9H2,1H3,(H,15,16)(H,17,18). The number of carbonyl (C=O) groups excluding carboxylic acids is 1. The van der Waals surface area contributed by atoms with Crippen molar-refractivity contribution in [2.75, 3.05) is 18.4 Å². The molecule has 3 N–H and O–H groups in total. The molecule has 1 rings (SSSR count). The summed E-state index contributed by atoms with van der Waals surface area (Å²) >= 11 is 0. The highest BCUT2D eigenvalue weighted by Gasteiger charge is 2.08. The first-order chi connectivity index (χ1) is 8.63. The number of aliphatic carboxylic acids is 1. The predicted octanol–water partition coefficient (Wildman–Crippen LogP) is 1.25. The summed E-state index contributed by atoms with van der Waals surface area (Å²) in [5, 5.41) is 14.5. The number of benzene rings is 1.